The number of hydrogen-bond donors (Lipinski definition) is 2. The van der Waals surface area contributed by atoms with Crippen LogP contribution in [-0.4, -0.2) is 29.0 Å². The molecule has 0 aliphatic rings. The predicted octanol–water partition coefficient (Wildman–Crippen LogP) is 2.48. The van der Waals surface area contributed by atoms with Crippen LogP contribution in [-0.2, 0) is 11.2 Å². The average Bonchev–Trinajstić information content (AvgIpc) is 2.55. The lowest BCUT2D eigenvalue weighted by molar-refractivity contribution is -0.384. The molecule has 0 aliphatic carbocycles. The number of nitro groups is 1. The first-order valence-electron chi connectivity index (χ1n) is 6.85. The molecule has 0 fully saturated rings. The molecule has 0 spiro atoms. The van der Waals surface area contributed by atoms with Gasteiger partial charge in [0.2, 0.25) is 5.91 Å². The molecule has 0 radical (unpaired) electrons. The summed E-state index contributed by atoms with van der Waals surface area (Å²) < 4.78 is 5.09. The number of hydrogen-bond acceptors (Lipinski definition) is 5. The Balaban J connectivity index is 2.12. The monoisotopic (exact) mass is 330 g/mol. The van der Waals surface area contributed by atoms with Crippen LogP contribution in [0.1, 0.15) is 15.9 Å². The second-order valence-electron chi connectivity index (χ2n) is 4.87. The summed E-state index contributed by atoms with van der Waals surface area (Å²) >= 11 is 0. The number of anilines is 1. The van der Waals surface area contributed by atoms with Gasteiger partial charge in [-0.15, -0.1) is 0 Å². The Morgan fingerprint density at radius 2 is 1.88 bits per heavy atom. The largest absolute Gasteiger partial charge is 0.495 e. The maximum atomic E-state index is 12.1. The van der Waals surface area contributed by atoms with Crippen LogP contribution < -0.4 is 10.1 Å². The first kappa shape index (κ1) is 16.9. The first-order chi connectivity index (χ1) is 11.4. The van der Waals surface area contributed by atoms with Crippen molar-refractivity contribution < 1.29 is 24.4 Å². The topological polar surface area (TPSA) is 119 Å². The number of nitrogens with one attached hydrogen (secondary N) is 1. The highest BCUT2D eigenvalue weighted by Gasteiger charge is 2.13. The third-order valence-corrected chi connectivity index (χ3v) is 3.23. The molecule has 2 N–H and O–H groups in total. The van der Waals surface area contributed by atoms with Crippen molar-refractivity contribution >= 4 is 23.3 Å². The summed E-state index contributed by atoms with van der Waals surface area (Å²) in [6, 6.07) is 9.72. The van der Waals surface area contributed by atoms with Crippen molar-refractivity contribution in [2.45, 2.75) is 6.42 Å². The van der Waals surface area contributed by atoms with Crippen LogP contribution in [0.25, 0.3) is 0 Å². The molecule has 1 amide bonds. The fourth-order valence-corrected chi connectivity index (χ4v) is 2.05. The van der Waals surface area contributed by atoms with Crippen molar-refractivity contribution in [3.8, 4) is 5.75 Å². The van der Waals surface area contributed by atoms with Crippen LogP contribution in [0.15, 0.2) is 42.5 Å². The van der Waals surface area contributed by atoms with E-state index in [1.807, 2.05) is 0 Å². The average molecular weight is 330 g/mol. The third kappa shape index (κ3) is 4.07. The lowest BCUT2D eigenvalue weighted by Gasteiger charge is -2.11. The van der Waals surface area contributed by atoms with Crippen LogP contribution in [0, 0.1) is 10.1 Å². The maximum absolute atomic E-state index is 12.1. The highest BCUT2D eigenvalue weighted by molar-refractivity contribution is 5.96. The summed E-state index contributed by atoms with van der Waals surface area (Å²) in [6.45, 7) is 0. The zero-order valence-electron chi connectivity index (χ0n) is 12.7. The number of nitro benzene ring substituents is 1. The molecule has 2 rings (SSSR count). The van der Waals surface area contributed by atoms with Crippen LogP contribution >= 0.6 is 0 Å². The van der Waals surface area contributed by atoms with E-state index in [1.165, 1.54) is 49.6 Å². The fraction of sp³-hybridized carbons (Fsp3) is 0.125. The van der Waals surface area contributed by atoms with Gasteiger partial charge in [0.1, 0.15) is 5.75 Å². The Morgan fingerprint density at radius 3 is 2.42 bits per heavy atom. The van der Waals surface area contributed by atoms with Gasteiger partial charge in [-0.2, -0.15) is 0 Å². The molecule has 0 bridgehead atoms. The van der Waals surface area contributed by atoms with Crippen LogP contribution in [0.5, 0.6) is 5.75 Å². The normalized spacial score (nSPS) is 10.0. The lowest BCUT2D eigenvalue weighted by Crippen LogP contribution is -2.15. The molecule has 0 saturated heterocycles. The van der Waals surface area contributed by atoms with E-state index in [-0.39, 0.29) is 23.4 Å². The van der Waals surface area contributed by atoms with Crippen LogP contribution in [0.3, 0.4) is 0 Å². The van der Waals surface area contributed by atoms with E-state index < -0.39 is 16.8 Å². The van der Waals surface area contributed by atoms with E-state index >= 15 is 0 Å². The SMILES string of the molecule is COc1ccc(C(=O)O)cc1NC(=O)Cc1ccc([N+](=O)[O-])cc1. The van der Waals surface area contributed by atoms with Crippen molar-refractivity contribution in [3.63, 3.8) is 0 Å². The Kier molecular flexibility index (Phi) is 5.10. The smallest absolute Gasteiger partial charge is 0.335 e. The minimum atomic E-state index is -1.12. The molecule has 2 aromatic rings. The zero-order valence-corrected chi connectivity index (χ0v) is 12.7. The summed E-state index contributed by atoms with van der Waals surface area (Å²) in [5, 5.41) is 22.2. The number of carbonyl (C=O) groups excluding carboxylic acids is 1. The van der Waals surface area contributed by atoms with Crippen molar-refractivity contribution in [2.75, 3.05) is 12.4 Å². The van der Waals surface area contributed by atoms with E-state index in [4.69, 9.17) is 9.84 Å². The molecule has 24 heavy (non-hydrogen) atoms. The fourth-order valence-electron chi connectivity index (χ4n) is 2.05. The predicted molar refractivity (Wildman–Crippen MR) is 85.4 cm³/mol. The molecule has 0 atom stereocenters. The molecule has 2 aromatic carbocycles. The van der Waals surface area contributed by atoms with Gasteiger partial charge in [-0.3, -0.25) is 14.9 Å². The van der Waals surface area contributed by atoms with Crippen LogP contribution in [0.2, 0.25) is 0 Å². The molecule has 0 aromatic heterocycles. The second-order valence-corrected chi connectivity index (χ2v) is 4.87. The van der Waals surface area contributed by atoms with Crippen molar-refractivity contribution in [1.82, 2.24) is 0 Å². The number of non-ortho nitro benzene ring substituents is 1. The molecular formula is C16H14N2O6. The molecular weight excluding hydrogens is 316 g/mol. The van der Waals surface area contributed by atoms with Gasteiger partial charge in [0.15, 0.2) is 0 Å². The molecule has 0 saturated carbocycles. The van der Waals surface area contributed by atoms with Gasteiger partial charge in [0.05, 0.1) is 29.7 Å². The van der Waals surface area contributed by atoms with Crippen LogP contribution in [0.4, 0.5) is 11.4 Å². The Hall–Kier alpha value is -3.42. The third-order valence-electron chi connectivity index (χ3n) is 3.23. The Bertz CT molecular complexity index is 786. The number of nitrogens with zero attached hydrogens (tertiary/aromatic N) is 1. The van der Waals surface area contributed by atoms with Gasteiger partial charge in [-0.1, -0.05) is 12.1 Å². The highest BCUT2D eigenvalue weighted by Crippen LogP contribution is 2.25. The van der Waals surface area contributed by atoms with Gasteiger partial charge < -0.3 is 15.2 Å². The number of carbonyl (C=O) groups is 2. The van der Waals surface area contributed by atoms with Gasteiger partial charge >= 0.3 is 5.97 Å². The number of ether oxygens (including phenoxy) is 1. The van der Waals surface area contributed by atoms with Crippen molar-refractivity contribution in [1.29, 1.82) is 0 Å². The Labute approximate surface area is 136 Å². The standard InChI is InChI=1S/C16H14N2O6/c1-24-14-7-4-11(16(20)21)9-13(14)17-15(19)8-10-2-5-12(6-3-10)18(22)23/h2-7,9H,8H2,1H3,(H,17,19)(H,20,21). The molecule has 0 aliphatic heterocycles. The van der Waals surface area contributed by atoms with Gasteiger partial charge in [-0.25, -0.2) is 4.79 Å². The number of benzene rings is 2. The first-order valence-corrected chi connectivity index (χ1v) is 6.85. The van der Waals surface area contributed by atoms with E-state index in [2.05, 4.69) is 5.32 Å². The van der Waals surface area contributed by atoms with Gasteiger partial charge in [0, 0.05) is 12.1 Å². The molecule has 124 valence electrons. The Morgan fingerprint density at radius 1 is 1.21 bits per heavy atom. The molecule has 0 unspecified atom stereocenters. The summed E-state index contributed by atoms with van der Waals surface area (Å²) in [6.07, 6.45) is -0.0154. The zero-order chi connectivity index (χ0) is 17.7. The van der Waals surface area contributed by atoms with Crippen molar-refractivity contribution in [2.24, 2.45) is 0 Å². The number of methoxy groups -OCH3 is 1. The summed E-state index contributed by atoms with van der Waals surface area (Å²) in [5.74, 6) is -1.19. The number of carboxylic acids is 1. The van der Waals surface area contributed by atoms with Crippen molar-refractivity contribution in [3.05, 3.63) is 63.7 Å². The second kappa shape index (κ2) is 7.23. The molecule has 8 heteroatoms. The van der Waals surface area contributed by atoms with E-state index in [1.54, 1.807) is 0 Å². The summed E-state index contributed by atoms with van der Waals surface area (Å²) in [7, 11) is 1.40. The number of carboxylic acid groups (broad SMARTS) is 1. The number of amides is 1. The molecule has 8 nitrogen and oxygen atoms in total. The minimum absolute atomic E-state index is 0.0152. The van der Waals surface area contributed by atoms with E-state index in [0.29, 0.717) is 11.3 Å². The minimum Gasteiger partial charge on any atom is -0.495 e. The summed E-state index contributed by atoms with van der Waals surface area (Å²) in [5.41, 5.74) is 0.784. The lowest BCUT2D eigenvalue weighted by atomic mass is 10.1. The summed E-state index contributed by atoms with van der Waals surface area (Å²) in [4.78, 5) is 33.2. The maximum Gasteiger partial charge on any atom is 0.335 e. The van der Waals surface area contributed by atoms with E-state index in [9.17, 15) is 19.7 Å². The van der Waals surface area contributed by atoms with Gasteiger partial charge in [0.25, 0.3) is 5.69 Å². The molecule has 0 heterocycles. The van der Waals surface area contributed by atoms with Gasteiger partial charge in [-0.05, 0) is 23.8 Å². The highest BCUT2D eigenvalue weighted by atomic mass is 16.6. The van der Waals surface area contributed by atoms with E-state index in [0.717, 1.165) is 0 Å². The quantitative estimate of drug-likeness (QED) is 0.620. The number of rotatable bonds is 6. The number of aromatic carboxylic acids is 1.